The van der Waals surface area contributed by atoms with Crippen molar-refractivity contribution in [2.24, 2.45) is 0 Å². The van der Waals surface area contributed by atoms with Crippen molar-refractivity contribution in [1.29, 1.82) is 0 Å². The highest BCUT2D eigenvalue weighted by molar-refractivity contribution is 6.01. The molecule has 0 aliphatic carbocycles. The molecule has 4 rings (SSSR count). The highest BCUT2D eigenvalue weighted by atomic mass is 16.5. The van der Waals surface area contributed by atoms with Gasteiger partial charge in [0.15, 0.2) is 0 Å². The number of nitrogens with one attached hydrogen (secondary N) is 3. The van der Waals surface area contributed by atoms with Crippen LogP contribution in [-0.2, 0) is 6.54 Å². The number of aromatic nitrogens is 1. The van der Waals surface area contributed by atoms with Crippen molar-refractivity contribution in [2.45, 2.75) is 6.54 Å². The maximum atomic E-state index is 12.5. The fraction of sp³-hybridized carbons (Fsp3) is 0.0417. The van der Waals surface area contributed by atoms with E-state index in [0.717, 1.165) is 16.5 Å². The van der Waals surface area contributed by atoms with Gasteiger partial charge in [-0.15, -0.1) is 0 Å². The highest BCUT2D eigenvalue weighted by Gasteiger charge is 2.14. The largest absolute Gasteiger partial charge is 0.334 e. The lowest BCUT2D eigenvalue weighted by Crippen LogP contribution is -2.28. The Morgan fingerprint density at radius 1 is 0.903 bits per heavy atom. The molecule has 0 saturated carbocycles. The molecule has 0 radical (unpaired) electrons. The van der Waals surface area contributed by atoms with Gasteiger partial charge in [-0.25, -0.2) is 10.3 Å². The first kappa shape index (κ1) is 20.1. The van der Waals surface area contributed by atoms with Crippen molar-refractivity contribution in [2.75, 3.05) is 5.32 Å². The Morgan fingerprint density at radius 3 is 2.52 bits per heavy atom. The van der Waals surface area contributed by atoms with E-state index < -0.39 is 5.91 Å². The number of anilines is 1. The number of carbonyl (C=O) groups is 2. The Kier molecular flexibility index (Phi) is 5.86. The van der Waals surface area contributed by atoms with E-state index >= 15 is 0 Å². The average Bonchev–Trinajstić information content (AvgIpc) is 2.83. The van der Waals surface area contributed by atoms with E-state index in [-0.39, 0.29) is 12.6 Å². The highest BCUT2D eigenvalue weighted by Crippen LogP contribution is 2.25. The van der Waals surface area contributed by atoms with Gasteiger partial charge in [0.2, 0.25) is 0 Å². The molecular formula is C24H20N4O3. The van der Waals surface area contributed by atoms with Crippen molar-refractivity contribution in [1.82, 2.24) is 15.8 Å². The van der Waals surface area contributed by atoms with Crippen LogP contribution in [0.15, 0.2) is 85.1 Å². The zero-order valence-corrected chi connectivity index (χ0v) is 16.5. The molecule has 7 nitrogen and oxygen atoms in total. The lowest BCUT2D eigenvalue weighted by atomic mass is 9.97. The zero-order chi connectivity index (χ0) is 21.6. The number of hydrogen-bond acceptors (Lipinski definition) is 4. The van der Waals surface area contributed by atoms with Gasteiger partial charge in [-0.05, 0) is 41.0 Å². The monoisotopic (exact) mass is 412 g/mol. The molecule has 31 heavy (non-hydrogen) atoms. The lowest BCUT2D eigenvalue weighted by molar-refractivity contribution is 0.0707. The van der Waals surface area contributed by atoms with Crippen LogP contribution in [-0.4, -0.2) is 22.1 Å². The standard InChI is InChI=1S/C24H20N4O3/c29-23(28-31)19-12-11-16(14-20(19)17-6-2-1-3-7-17)15-26-24(30)27-21-10-4-8-18-9-5-13-25-22(18)21/h1-14,31H,15H2,(H,28,29)(H2,26,27,30). The molecule has 4 aromatic rings. The van der Waals surface area contributed by atoms with Gasteiger partial charge in [0.1, 0.15) is 0 Å². The zero-order valence-electron chi connectivity index (χ0n) is 16.5. The Hall–Kier alpha value is -4.23. The maximum Gasteiger partial charge on any atom is 0.319 e. The SMILES string of the molecule is O=C(NCc1ccc(C(=O)NO)c(-c2ccccc2)c1)Nc1cccc2cccnc12. The molecule has 7 heteroatoms. The summed E-state index contributed by atoms with van der Waals surface area (Å²) in [6.07, 6.45) is 1.68. The lowest BCUT2D eigenvalue weighted by Gasteiger charge is -2.13. The van der Waals surface area contributed by atoms with Crippen LogP contribution in [0.1, 0.15) is 15.9 Å². The smallest absolute Gasteiger partial charge is 0.319 e. The third kappa shape index (κ3) is 4.52. The normalized spacial score (nSPS) is 10.5. The Labute approximate surface area is 178 Å². The molecule has 154 valence electrons. The molecule has 0 fully saturated rings. The van der Waals surface area contributed by atoms with Gasteiger partial charge in [-0.2, -0.15) is 0 Å². The summed E-state index contributed by atoms with van der Waals surface area (Å²) < 4.78 is 0. The number of fused-ring (bicyclic) bond motifs is 1. The number of nitrogens with zero attached hydrogens (tertiary/aromatic N) is 1. The molecule has 0 saturated heterocycles. The Morgan fingerprint density at radius 2 is 1.71 bits per heavy atom. The van der Waals surface area contributed by atoms with Crippen LogP contribution >= 0.6 is 0 Å². The van der Waals surface area contributed by atoms with Crippen molar-refractivity contribution in [3.63, 3.8) is 0 Å². The Bertz CT molecular complexity index is 1240. The third-order valence-electron chi connectivity index (χ3n) is 4.85. The van der Waals surface area contributed by atoms with Gasteiger partial charge in [-0.1, -0.05) is 54.6 Å². The van der Waals surface area contributed by atoms with E-state index in [1.165, 1.54) is 0 Å². The number of hydroxylamine groups is 1. The summed E-state index contributed by atoms with van der Waals surface area (Å²) in [5.74, 6) is -0.598. The third-order valence-corrected chi connectivity index (χ3v) is 4.85. The van der Waals surface area contributed by atoms with E-state index in [1.807, 2.05) is 60.7 Å². The molecular weight excluding hydrogens is 392 g/mol. The molecule has 1 aromatic heterocycles. The molecule has 3 amide bonds. The summed E-state index contributed by atoms with van der Waals surface area (Å²) in [6.45, 7) is 0.255. The topological polar surface area (TPSA) is 103 Å². The minimum absolute atomic E-state index is 0.255. The van der Waals surface area contributed by atoms with E-state index in [4.69, 9.17) is 5.21 Å². The van der Waals surface area contributed by atoms with Gasteiger partial charge < -0.3 is 10.6 Å². The van der Waals surface area contributed by atoms with Crippen LogP contribution in [0.3, 0.4) is 0 Å². The number of urea groups is 1. The van der Waals surface area contributed by atoms with Crippen LogP contribution in [0.5, 0.6) is 0 Å². The molecule has 0 bridgehead atoms. The second kappa shape index (κ2) is 9.06. The van der Waals surface area contributed by atoms with Crippen molar-refractivity contribution in [3.8, 4) is 11.1 Å². The van der Waals surface area contributed by atoms with Crippen LogP contribution in [0, 0.1) is 0 Å². The molecule has 0 aliphatic rings. The summed E-state index contributed by atoms with van der Waals surface area (Å²) in [6, 6.07) is 23.5. The Balaban J connectivity index is 1.51. The molecule has 3 aromatic carbocycles. The van der Waals surface area contributed by atoms with Crippen LogP contribution in [0.4, 0.5) is 10.5 Å². The summed E-state index contributed by atoms with van der Waals surface area (Å²) in [5.41, 5.74) is 5.64. The van der Waals surface area contributed by atoms with Crippen molar-refractivity contribution >= 4 is 28.5 Å². The number of hydrogen-bond donors (Lipinski definition) is 4. The number of benzene rings is 3. The average molecular weight is 412 g/mol. The predicted octanol–water partition coefficient (Wildman–Crippen LogP) is 4.34. The van der Waals surface area contributed by atoms with Gasteiger partial charge in [0, 0.05) is 23.7 Å². The molecule has 0 aliphatic heterocycles. The fourth-order valence-electron chi connectivity index (χ4n) is 3.37. The second-order valence-corrected chi connectivity index (χ2v) is 6.88. The fourth-order valence-corrected chi connectivity index (χ4v) is 3.37. The van der Waals surface area contributed by atoms with Crippen LogP contribution in [0.25, 0.3) is 22.0 Å². The van der Waals surface area contributed by atoms with Gasteiger partial charge in [0.25, 0.3) is 5.91 Å². The van der Waals surface area contributed by atoms with Crippen molar-refractivity contribution < 1.29 is 14.8 Å². The van der Waals surface area contributed by atoms with Crippen molar-refractivity contribution in [3.05, 3.63) is 96.2 Å². The quantitative estimate of drug-likeness (QED) is 0.289. The summed E-state index contributed by atoms with van der Waals surface area (Å²) in [7, 11) is 0. The number of pyridine rings is 1. The second-order valence-electron chi connectivity index (χ2n) is 6.88. The number of rotatable bonds is 5. The van der Waals surface area contributed by atoms with Gasteiger partial charge in [-0.3, -0.25) is 15.0 Å². The van der Waals surface area contributed by atoms with Gasteiger partial charge in [0.05, 0.1) is 11.2 Å². The van der Waals surface area contributed by atoms with E-state index in [1.54, 1.807) is 29.9 Å². The first-order valence-corrected chi connectivity index (χ1v) is 9.67. The minimum Gasteiger partial charge on any atom is -0.334 e. The summed E-state index contributed by atoms with van der Waals surface area (Å²) in [5, 5.41) is 15.6. The maximum absolute atomic E-state index is 12.5. The van der Waals surface area contributed by atoms with E-state index in [0.29, 0.717) is 22.3 Å². The molecule has 0 atom stereocenters. The minimum atomic E-state index is -0.598. The van der Waals surface area contributed by atoms with Crippen LogP contribution in [0.2, 0.25) is 0 Å². The molecule has 4 N–H and O–H groups in total. The van der Waals surface area contributed by atoms with E-state index in [2.05, 4.69) is 15.6 Å². The number of para-hydroxylation sites is 1. The van der Waals surface area contributed by atoms with E-state index in [9.17, 15) is 9.59 Å². The van der Waals surface area contributed by atoms with Gasteiger partial charge >= 0.3 is 6.03 Å². The molecule has 0 spiro atoms. The number of carbonyl (C=O) groups excluding carboxylic acids is 2. The summed E-state index contributed by atoms with van der Waals surface area (Å²) in [4.78, 5) is 28.8. The molecule has 1 heterocycles. The molecule has 0 unspecified atom stereocenters. The number of amides is 3. The first-order chi connectivity index (χ1) is 15.2. The van der Waals surface area contributed by atoms with Crippen LogP contribution < -0.4 is 16.1 Å². The predicted molar refractivity (Wildman–Crippen MR) is 119 cm³/mol. The first-order valence-electron chi connectivity index (χ1n) is 9.67. The summed E-state index contributed by atoms with van der Waals surface area (Å²) >= 11 is 0.